The first-order valence-corrected chi connectivity index (χ1v) is 15.3. The number of nitrogens with one attached hydrogen (secondary N) is 2. The molecule has 230 valence electrons. The van der Waals surface area contributed by atoms with Crippen LogP contribution >= 0.6 is 12.4 Å². The van der Waals surface area contributed by atoms with Crippen LogP contribution in [0.1, 0.15) is 69.4 Å². The van der Waals surface area contributed by atoms with Crippen LogP contribution in [0.5, 0.6) is 0 Å². The third-order valence-electron chi connectivity index (χ3n) is 8.37. The van der Waals surface area contributed by atoms with Gasteiger partial charge in [0.1, 0.15) is 18.2 Å². The largest absolute Gasteiger partial charge is 0.445 e. The Morgan fingerprint density at radius 1 is 0.929 bits per heavy atom. The fourth-order valence-corrected chi connectivity index (χ4v) is 6.01. The molecule has 1 spiro atoms. The van der Waals surface area contributed by atoms with Crippen molar-refractivity contribution in [3.05, 3.63) is 71.8 Å². The molecular formula is C33H47ClN4O4. The zero-order valence-electron chi connectivity index (χ0n) is 24.9. The Morgan fingerprint density at radius 3 is 2.26 bits per heavy atom. The normalized spacial score (nSPS) is 18.3. The summed E-state index contributed by atoms with van der Waals surface area (Å²) < 4.78 is 5.24. The third-order valence-corrected chi connectivity index (χ3v) is 8.37. The lowest BCUT2D eigenvalue weighted by Gasteiger charge is -2.51. The van der Waals surface area contributed by atoms with Crippen LogP contribution < -0.4 is 10.6 Å². The van der Waals surface area contributed by atoms with Crippen LogP contribution in [0.15, 0.2) is 60.7 Å². The SMILES string of the molecule is CCCN1C(=O)[C@H](CCCCNC(=O)OCc2ccccc2)NC(=O)C12CCN(CCCCc1ccccc1)CC2.Cl. The van der Waals surface area contributed by atoms with E-state index in [1.54, 1.807) is 0 Å². The molecule has 2 aliphatic rings. The van der Waals surface area contributed by atoms with Gasteiger partial charge in [-0.3, -0.25) is 9.59 Å². The molecule has 4 rings (SSSR count). The molecule has 0 bridgehead atoms. The molecule has 0 radical (unpaired) electrons. The number of piperidine rings is 1. The maximum absolute atomic E-state index is 13.6. The summed E-state index contributed by atoms with van der Waals surface area (Å²) in [6.45, 7) is 6.07. The molecule has 0 unspecified atom stereocenters. The number of nitrogens with zero attached hydrogens (tertiary/aromatic N) is 2. The van der Waals surface area contributed by atoms with Gasteiger partial charge in [-0.1, -0.05) is 67.6 Å². The van der Waals surface area contributed by atoms with E-state index in [9.17, 15) is 14.4 Å². The zero-order chi connectivity index (χ0) is 28.9. The Hall–Kier alpha value is -3.10. The second kappa shape index (κ2) is 17.1. The van der Waals surface area contributed by atoms with Crippen molar-refractivity contribution in [1.29, 1.82) is 0 Å². The second-order valence-electron chi connectivity index (χ2n) is 11.3. The van der Waals surface area contributed by atoms with E-state index in [0.29, 0.717) is 38.8 Å². The number of amides is 3. The summed E-state index contributed by atoms with van der Waals surface area (Å²) >= 11 is 0. The van der Waals surface area contributed by atoms with E-state index in [2.05, 4.69) is 52.8 Å². The van der Waals surface area contributed by atoms with Gasteiger partial charge in [0.05, 0.1) is 0 Å². The van der Waals surface area contributed by atoms with Gasteiger partial charge in [0.2, 0.25) is 11.8 Å². The topological polar surface area (TPSA) is 91.0 Å². The molecule has 2 fully saturated rings. The molecule has 2 aliphatic heterocycles. The van der Waals surface area contributed by atoms with E-state index >= 15 is 0 Å². The molecule has 1 atom stereocenters. The number of aryl methyl sites for hydroxylation is 1. The summed E-state index contributed by atoms with van der Waals surface area (Å²) in [4.78, 5) is 43.4. The highest BCUT2D eigenvalue weighted by Gasteiger charge is 2.52. The number of hydrogen-bond donors (Lipinski definition) is 2. The molecule has 2 heterocycles. The molecule has 0 aromatic heterocycles. The quantitative estimate of drug-likeness (QED) is 0.295. The van der Waals surface area contributed by atoms with Gasteiger partial charge in [0.25, 0.3) is 0 Å². The Balaban J connectivity index is 0.00000484. The molecule has 2 aromatic carbocycles. The van der Waals surface area contributed by atoms with Crippen LogP contribution in [0, 0.1) is 0 Å². The Labute approximate surface area is 257 Å². The number of rotatable bonds is 14. The molecule has 2 saturated heterocycles. The van der Waals surface area contributed by atoms with Crippen molar-refractivity contribution in [1.82, 2.24) is 20.4 Å². The van der Waals surface area contributed by atoms with Gasteiger partial charge < -0.3 is 25.2 Å². The number of piperazine rings is 1. The van der Waals surface area contributed by atoms with Gasteiger partial charge >= 0.3 is 6.09 Å². The summed E-state index contributed by atoms with van der Waals surface area (Å²) in [5.41, 5.74) is 1.59. The number of likely N-dealkylation sites (tertiary alicyclic amines) is 1. The predicted octanol–water partition coefficient (Wildman–Crippen LogP) is 5.10. The lowest BCUT2D eigenvalue weighted by atomic mass is 9.81. The van der Waals surface area contributed by atoms with E-state index in [0.717, 1.165) is 57.3 Å². The number of unbranched alkanes of at least 4 members (excludes halogenated alkanes) is 2. The lowest BCUT2D eigenvalue weighted by molar-refractivity contribution is -0.161. The highest BCUT2D eigenvalue weighted by Crippen LogP contribution is 2.34. The standard InChI is InChI=1S/C33H46N4O4.ClH/c1-2-22-37-30(38)29(18-9-11-21-34-32(40)41-26-28-16-7-4-8-17-28)35-31(39)33(37)19-24-36(25-20-33)23-12-10-15-27-13-5-3-6-14-27;/h3-8,13-14,16-17,29H,2,9-12,15,18-26H2,1H3,(H,34,40)(H,35,39);1H/t29-;/m0./s1. The number of carbonyl (C=O) groups excluding carboxylic acids is 3. The summed E-state index contributed by atoms with van der Waals surface area (Å²) in [6.07, 6.45) is 7.12. The minimum absolute atomic E-state index is 0. The van der Waals surface area contributed by atoms with Crippen molar-refractivity contribution in [2.24, 2.45) is 0 Å². The summed E-state index contributed by atoms with van der Waals surface area (Å²) in [5.74, 6) is 0.0416. The molecule has 0 aliphatic carbocycles. The van der Waals surface area contributed by atoms with E-state index in [4.69, 9.17) is 4.74 Å². The zero-order valence-corrected chi connectivity index (χ0v) is 25.7. The molecule has 42 heavy (non-hydrogen) atoms. The van der Waals surface area contributed by atoms with Gasteiger partial charge in [-0.05, 0) is 75.5 Å². The minimum Gasteiger partial charge on any atom is -0.445 e. The third kappa shape index (κ3) is 9.20. The lowest BCUT2D eigenvalue weighted by Crippen LogP contribution is -2.72. The number of ether oxygens (including phenoxy) is 1. The van der Waals surface area contributed by atoms with Crippen molar-refractivity contribution in [3.63, 3.8) is 0 Å². The first kappa shape index (κ1) is 33.4. The number of halogens is 1. The first-order chi connectivity index (χ1) is 20.0. The van der Waals surface area contributed by atoms with Crippen molar-refractivity contribution in [2.75, 3.05) is 32.7 Å². The number of benzene rings is 2. The average molecular weight is 599 g/mol. The highest BCUT2D eigenvalue weighted by atomic mass is 35.5. The maximum Gasteiger partial charge on any atom is 0.407 e. The van der Waals surface area contributed by atoms with Crippen LogP contribution in [-0.4, -0.2) is 72.0 Å². The monoisotopic (exact) mass is 598 g/mol. The van der Waals surface area contributed by atoms with E-state index in [1.807, 2.05) is 35.2 Å². The van der Waals surface area contributed by atoms with E-state index < -0.39 is 17.7 Å². The van der Waals surface area contributed by atoms with Gasteiger partial charge in [0.15, 0.2) is 0 Å². The minimum atomic E-state index is -0.728. The van der Waals surface area contributed by atoms with Crippen LogP contribution in [0.3, 0.4) is 0 Å². The Kier molecular flexibility index (Phi) is 13.6. The molecule has 8 nitrogen and oxygen atoms in total. The smallest absolute Gasteiger partial charge is 0.407 e. The number of carbonyl (C=O) groups is 3. The van der Waals surface area contributed by atoms with Gasteiger partial charge in [-0.15, -0.1) is 12.4 Å². The molecule has 9 heteroatoms. The highest BCUT2D eigenvalue weighted by molar-refractivity contribution is 6.00. The molecule has 3 amide bonds. The van der Waals surface area contributed by atoms with Crippen molar-refractivity contribution < 1.29 is 19.1 Å². The van der Waals surface area contributed by atoms with E-state index in [1.165, 1.54) is 5.56 Å². The van der Waals surface area contributed by atoms with Gasteiger partial charge in [-0.2, -0.15) is 0 Å². The van der Waals surface area contributed by atoms with Gasteiger partial charge in [0, 0.05) is 26.2 Å². The average Bonchev–Trinajstić information content (AvgIpc) is 3.00. The second-order valence-corrected chi connectivity index (χ2v) is 11.3. The van der Waals surface area contributed by atoms with Crippen LogP contribution in [0.2, 0.25) is 0 Å². The van der Waals surface area contributed by atoms with Crippen LogP contribution in [-0.2, 0) is 27.4 Å². The van der Waals surface area contributed by atoms with Crippen LogP contribution in [0.4, 0.5) is 4.79 Å². The van der Waals surface area contributed by atoms with Crippen LogP contribution in [0.25, 0.3) is 0 Å². The summed E-state index contributed by atoms with van der Waals surface area (Å²) in [6, 6.07) is 19.6. The summed E-state index contributed by atoms with van der Waals surface area (Å²) in [7, 11) is 0. The number of alkyl carbamates (subject to hydrolysis) is 1. The summed E-state index contributed by atoms with van der Waals surface area (Å²) in [5, 5.41) is 5.85. The fraction of sp³-hybridized carbons (Fsp3) is 0.545. The van der Waals surface area contributed by atoms with Crippen molar-refractivity contribution in [2.45, 2.75) is 82.9 Å². The molecular weight excluding hydrogens is 552 g/mol. The van der Waals surface area contributed by atoms with Crippen molar-refractivity contribution in [3.8, 4) is 0 Å². The maximum atomic E-state index is 13.6. The Bertz CT molecular complexity index is 1110. The molecule has 2 N–H and O–H groups in total. The fourth-order valence-electron chi connectivity index (χ4n) is 6.01. The predicted molar refractivity (Wildman–Crippen MR) is 167 cm³/mol. The molecule has 0 saturated carbocycles. The van der Waals surface area contributed by atoms with Gasteiger partial charge in [-0.25, -0.2) is 4.79 Å². The first-order valence-electron chi connectivity index (χ1n) is 15.3. The number of hydrogen-bond acceptors (Lipinski definition) is 5. The van der Waals surface area contributed by atoms with E-state index in [-0.39, 0.29) is 30.8 Å². The Morgan fingerprint density at radius 2 is 1.60 bits per heavy atom. The van der Waals surface area contributed by atoms with Crippen molar-refractivity contribution >= 4 is 30.3 Å². The molecule has 2 aromatic rings.